The molecule has 0 fully saturated rings. The molecular formula is C15H17N3O3. The summed E-state index contributed by atoms with van der Waals surface area (Å²) in [6.45, 7) is 2.60. The summed E-state index contributed by atoms with van der Waals surface area (Å²) in [4.78, 5) is 11.5. The molecule has 0 saturated heterocycles. The van der Waals surface area contributed by atoms with Gasteiger partial charge in [0.05, 0.1) is 19.3 Å². The number of methoxy groups -OCH3 is 1. The highest BCUT2D eigenvalue weighted by atomic mass is 16.5. The quantitative estimate of drug-likeness (QED) is 0.867. The molecule has 21 heavy (non-hydrogen) atoms. The normalized spacial score (nSPS) is 16.4. The van der Waals surface area contributed by atoms with E-state index in [2.05, 4.69) is 22.8 Å². The van der Waals surface area contributed by atoms with Crippen molar-refractivity contribution in [2.75, 3.05) is 12.8 Å². The topological polar surface area (TPSA) is 79.4 Å². The fourth-order valence-corrected chi connectivity index (χ4v) is 2.55. The van der Waals surface area contributed by atoms with E-state index < -0.39 is 5.97 Å². The van der Waals surface area contributed by atoms with E-state index in [1.165, 1.54) is 18.2 Å². The minimum absolute atomic E-state index is 0.00778. The Hall–Kier alpha value is -2.50. The van der Waals surface area contributed by atoms with E-state index in [1.807, 2.05) is 12.1 Å². The molecule has 1 unspecified atom stereocenters. The van der Waals surface area contributed by atoms with E-state index in [9.17, 15) is 4.79 Å². The smallest absolute Gasteiger partial charge is 0.360 e. The molecule has 1 aliphatic rings. The van der Waals surface area contributed by atoms with Crippen molar-refractivity contribution in [2.24, 2.45) is 0 Å². The number of carbonyl (C=O) groups is 1. The number of hydrogen-bond acceptors (Lipinski definition) is 5. The van der Waals surface area contributed by atoms with E-state index in [0.717, 1.165) is 12.2 Å². The van der Waals surface area contributed by atoms with Crippen LogP contribution in [0.4, 0.5) is 5.69 Å². The van der Waals surface area contributed by atoms with Crippen molar-refractivity contribution < 1.29 is 14.3 Å². The predicted molar refractivity (Wildman–Crippen MR) is 77.3 cm³/mol. The van der Waals surface area contributed by atoms with Crippen molar-refractivity contribution in [3.8, 4) is 5.75 Å². The average molecular weight is 287 g/mol. The largest absolute Gasteiger partial charge is 0.488 e. The molecule has 0 spiro atoms. The molecule has 0 amide bonds. The standard InChI is InChI=1S/C15H17N3O3/c1-9-3-4-13-10(5-9)6-11(21-13)7-18-8-12(16)14(17-18)15(19)20-2/h3-5,8,11H,6-7,16H2,1-2H3. The van der Waals surface area contributed by atoms with Crippen LogP contribution in [0.25, 0.3) is 0 Å². The molecule has 1 atom stereocenters. The Morgan fingerprint density at radius 1 is 1.57 bits per heavy atom. The molecule has 2 aromatic rings. The van der Waals surface area contributed by atoms with Gasteiger partial charge in [0, 0.05) is 12.6 Å². The van der Waals surface area contributed by atoms with Gasteiger partial charge in [0.15, 0.2) is 5.69 Å². The van der Waals surface area contributed by atoms with E-state index >= 15 is 0 Å². The summed E-state index contributed by atoms with van der Waals surface area (Å²) in [7, 11) is 1.31. The molecule has 6 nitrogen and oxygen atoms in total. The van der Waals surface area contributed by atoms with Gasteiger partial charge in [-0.05, 0) is 18.6 Å². The van der Waals surface area contributed by atoms with Crippen LogP contribution in [-0.2, 0) is 17.7 Å². The maximum Gasteiger partial charge on any atom is 0.360 e. The second-order valence-corrected chi connectivity index (χ2v) is 5.20. The number of benzene rings is 1. The molecule has 2 N–H and O–H groups in total. The summed E-state index contributed by atoms with van der Waals surface area (Å²) >= 11 is 0. The van der Waals surface area contributed by atoms with Crippen LogP contribution in [0.3, 0.4) is 0 Å². The number of nitrogens with two attached hydrogens (primary N) is 1. The monoisotopic (exact) mass is 287 g/mol. The van der Waals surface area contributed by atoms with Gasteiger partial charge in [-0.15, -0.1) is 0 Å². The lowest BCUT2D eigenvalue weighted by molar-refractivity contribution is 0.0593. The Morgan fingerprint density at radius 3 is 3.14 bits per heavy atom. The lowest BCUT2D eigenvalue weighted by Gasteiger charge is -2.10. The highest BCUT2D eigenvalue weighted by molar-refractivity contribution is 5.92. The first kappa shape index (κ1) is 13.5. The third-order valence-corrected chi connectivity index (χ3v) is 3.52. The lowest BCUT2D eigenvalue weighted by atomic mass is 10.1. The Balaban J connectivity index is 1.73. The second-order valence-electron chi connectivity index (χ2n) is 5.20. The van der Waals surface area contributed by atoms with Crippen LogP contribution in [0.15, 0.2) is 24.4 Å². The number of esters is 1. The maximum absolute atomic E-state index is 11.5. The third kappa shape index (κ3) is 2.56. The molecule has 6 heteroatoms. The Morgan fingerprint density at radius 2 is 2.38 bits per heavy atom. The van der Waals surface area contributed by atoms with Gasteiger partial charge in [-0.3, -0.25) is 4.68 Å². The maximum atomic E-state index is 11.5. The van der Waals surface area contributed by atoms with Crippen molar-refractivity contribution in [1.29, 1.82) is 0 Å². The summed E-state index contributed by atoms with van der Waals surface area (Å²) in [5.74, 6) is 0.386. The zero-order valence-corrected chi connectivity index (χ0v) is 12.0. The molecular weight excluding hydrogens is 270 g/mol. The molecule has 0 bridgehead atoms. The summed E-state index contributed by atoms with van der Waals surface area (Å²) in [5, 5.41) is 4.16. The van der Waals surface area contributed by atoms with Gasteiger partial charge in [-0.2, -0.15) is 5.10 Å². The van der Waals surface area contributed by atoms with Crippen molar-refractivity contribution in [1.82, 2.24) is 9.78 Å². The number of aryl methyl sites for hydroxylation is 1. The van der Waals surface area contributed by atoms with Crippen LogP contribution in [0.1, 0.15) is 21.6 Å². The molecule has 1 aromatic heterocycles. The average Bonchev–Trinajstić information content (AvgIpc) is 3.00. The van der Waals surface area contributed by atoms with Crippen LogP contribution < -0.4 is 10.5 Å². The molecule has 2 heterocycles. The van der Waals surface area contributed by atoms with Gasteiger partial charge >= 0.3 is 5.97 Å². The minimum atomic E-state index is -0.530. The van der Waals surface area contributed by atoms with Crippen molar-refractivity contribution in [2.45, 2.75) is 26.0 Å². The summed E-state index contributed by atoms with van der Waals surface area (Å²) in [6, 6.07) is 6.15. The van der Waals surface area contributed by atoms with Gasteiger partial charge in [0.2, 0.25) is 0 Å². The third-order valence-electron chi connectivity index (χ3n) is 3.52. The highest BCUT2D eigenvalue weighted by Crippen LogP contribution is 2.30. The zero-order valence-electron chi connectivity index (χ0n) is 12.0. The fraction of sp³-hybridized carbons (Fsp3) is 0.333. The number of ether oxygens (including phenoxy) is 2. The summed E-state index contributed by atoms with van der Waals surface area (Å²) < 4.78 is 12.2. The molecule has 1 aromatic carbocycles. The number of hydrogen-bond donors (Lipinski definition) is 1. The van der Waals surface area contributed by atoms with Crippen molar-refractivity contribution in [3.63, 3.8) is 0 Å². The Kier molecular flexibility index (Phi) is 3.29. The van der Waals surface area contributed by atoms with Crippen LogP contribution >= 0.6 is 0 Å². The van der Waals surface area contributed by atoms with E-state index in [0.29, 0.717) is 12.2 Å². The number of nitrogen functional groups attached to an aromatic ring is 1. The zero-order chi connectivity index (χ0) is 15.0. The van der Waals surface area contributed by atoms with Gasteiger partial charge in [-0.25, -0.2) is 4.79 Å². The predicted octanol–water partition coefficient (Wildman–Crippen LogP) is 1.56. The summed E-state index contributed by atoms with van der Waals surface area (Å²) in [6.07, 6.45) is 2.44. The van der Waals surface area contributed by atoms with Crippen molar-refractivity contribution >= 4 is 11.7 Å². The van der Waals surface area contributed by atoms with Crippen LogP contribution in [0.5, 0.6) is 5.75 Å². The number of fused-ring (bicyclic) bond motifs is 1. The van der Waals surface area contributed by atoms with Crippen molar-refractivity contribution in [3.05, 3.63) is 41.2 Å². The molecule has 0 aliphatic carbocycles. The molecule has 3 rings (SSSR count). The minimum Gasteiger partial charge on any atom is -0.488 e. The van der Waals surface area contributed by atoms with E-state index in [-0.39, 0.29) is 11.8 Å². The van der Waals surface area contributed by atoms with Crippen LogP contribution in [-0.4, -0.2) is 29.0 Å². The highest BCUT2D eigenvalue weighted by Gasteiger charge is 2.24. The summed E-state index contributed by atoms with van der Waals surface area (Å²) in [5.41, 5.74) is 8.65. The first-order valence-electron chi connectivity index (χ1n) is 6.74. The Labute approximate surface area is 122 Å². The number of anilines is 1. The number of carbonyl (C=O) groups excluding carboxylic acids is 1. The van der Waals surface area contributed by atoms with E-state index in [1.54, 1.807) is 10.9 Å². The van der Waals surface area contributed by atoms with E-state index in [4.69, 9.17) is 10.5 Å². The Bertz CT molecular complexity index is 693. The first-order valence-corrected chi connectivity index (χ1v) is 6.74. The number of rotatable bonds is 3. The molecule has 0 radical (unpaired) electrons. The lowest BCUT2D eigenvalue weighted by Crippen LogP contribution is -2.21. The first-order chi connectivity index (χ1) is 10.1. The van der Waals surface area contributed by atoms with Gasteiger partial charge in [0.25, 0.3) is 0 Å². The number of aromatic nitrogens is 2. The molecule has 1 aliphatic heterocycles. The SMILES string of the molecule is COC(=O)c1nn(CC2Cc3cc(C)ccc3O2)cc1N. The van der Waals surface area contributed by atoms with Crippen LogP contribution in [0.2, 0.25) is 0 Å². The van der Waals surface area contributed by atoms with Gasteiger partial charge in [0.1, 0.15) is 11.9 Å². The molecule has 0 saturated carbocycles. The second kappa shape index (κ2) is 5.12. The number of nitrogens with zero attached hydrogens (tertiary/aromatic N) is 2. The van der Waals surface area contributed by atoms with Crippen LogP contribution in [0, 0.1) is 6.92 Å². The molecule has 110 valence electrons. The van der Waals surface area contributed by atoms with Gasteiger partial charge in [-0.1, -0.05) is 17.7 Å². The fourth-order valence-electron chi connectivity index (χ4n) is 2.55. The van der Waals surface area contributed by atoms with Gasteiger partial charge < -0.3 is 15.2 Å².